The topological polar surface area (TPSA) is 26.9 Å². The Morgan fingerprint density at radius 2 is 2.00 bits per heavy atom. The van der Waals surface area contributed by atoms with Gasteiger partial charge in [0.25, 0.3) is 0 Å². The van der Waals surface area contributed by atoms with E-state index in [1.165, 1.54) is 0 Å². The van der Waals surface area contributed by atoms with Crippen LogP contribution in [0.25, 0.3) is 16.7 Å². The lowest BCUT2D eigenvalue weighted by Gasteiger charge is -2.01. The van der Waals surface area contributed by atoms with Crippen molar-refractivity contribution in [1.82, 2.24) is 9.13 Å². The van der Waals surface area contributed by atoms with Crippen molar-refractivity contribution < 1.29 is 0 Å². The molecule has 0 aliphatic carbocycles. The maximum absolute atomic E-state index is 12.3. The van der Waals surface area contributed by atoms with Crippen LogP contribution in [-0.2, 0) is 6.54 Å². The van der Waals surface area contributed by atoms with E-state index in [0.717, 1.165) is 16.7 Å². The minimum Gasteiger partial charge on any atom is -0.290 e. The molecule has 0 bridgehead atoms. The van der Waals surface area contributed by atoms with Gasteiger partial charge in [0, 0.05) is 18.1 Å². The molecule has 0 atom stereocenters. The predicted octanol–water partition coefficient (Wildman–Crippen LogP) is 2.92. The van der Waals surface area contributed by atoms with E-state index in [4.69, 9.17) is 11.6 Å². The van der Waals surface area contributed by atoms with Gasteiger partial charge >= 0.3 is 5.69 Å². The molecule has 2 rings (SSSR count). The number of para-hydroxylation sites is 2. The lowest BCUT2D eigenvalue weighted by molar-refractivity contribution is 0.741. The average molecular weight is 251 g/mol. The summed E-state index contributed by atoms with van der Waals surface area (Å²) in [5, 5.41) is 0. The van der Waals surface area contributed by atoms with Crippen molar-refractivity contribution in [2.24, 2.45) is 0 Å². The fraction of sp³-hybridized carbons (Fsp3) is 0.308. The monoisotopic (exact) mass is 250 g/mol. The molecule has 0 fully saturated rings. The number of allylic oxidation sites excluding steroid dienone is 2. The second-order valence-electron chi connectivity index (χ2n) is 3.88. The normalized spacial score (nSPS) is 12.3. The molecule has 0 aliphatic rings. The molecule has 90 valence electrons. The van der Waals surface area contributed by atoms with Gasteiger partial charge in [-0.1, -0.05) is 18.2 Å². The van der Waals surface area contributed by atoms with E-state index in [-0.39, 0.29) is 5.69 Å². The average Bonchev–Trinajstić information content (AvgIpc) is 2.63. The zero-order chi connectivity index (χ0) is 12.4. The van der Waals surface area contributed by atoms with E-state index in [1.54, 1.807) is 9.13 Å². The number of imidazole rings is 1. The molecule has 4 heteroatoms. The second-order valence-corrected chi connectivity index (χ2v) is 4.26. The van der Waals surface area contributed by atoms with E-state index in [2.05, 4.69) is 0 Å². The molecule has 17 heavy (non-hydrogen) atoms. The summed E-state index contributed by atoms with van der Waals surface area (Å²) in [6, 6.07) is 7.77. The third-order valence-electron chi connectivity index (χ3n) is 2.91. The maximum atomic E-state index is 12.3. The van der Waals surface area contributed by atoms with Crippen molar-refractivity contribution in [3.63, 3.8) is 0 Å². The maximum Gasteiger partial charge on any atom is 0.333 e. The minimum absolute atomic E-state index is 0.0255. The number of nitrogens with zero attached hydrogens (tertiary/aromatic N) is 2. The number of hydrogen-bond donors (Lipinski definition) is 0. The molecule has 0 saturated heterocycles. The Morgan fingerprint density at radius 1 is 1.35 bits per heavy atom. The highest BCUT2D eigenvalue weighted by atomic mass is 35.5. The Bertz CT molecular complexity index is 622. The Kier molecular flexibility index (Phi) is 3.38. The number of fused-ring (bicyclic) bond motifs is 1. The SMILES string of the molecule is C/C=C(\C)n1c(=O)n(CCCl)c2ccccc21. The van der Waals surface area contributed by atoms with Gasteiger partial charge in [0.2, 0.25) is 0 Å². The molecular formula is C13H15ClN2O. The van der Waals surface area contributed by atoms with Crippen LogP contribution in [0.2, 0.25) is 0 Å². The summed E-state index contributed by atoms with van der Waals surface area (Å²) in [4.78, 5) is 12.3. The van der Waals surface area contributed by atoms with Gasteiger partial charge in [-0.2, -0.15) is 0 Å². The van der Waals surface area contributed by atoms with E-state index in [1.807, 2.05) is 44.2 Å². The molecule has 1 aromatic heterocycles. The number of hydrogen-bond acceptors (Lipinski definition) is 1. The van der Waals surface area contributed by atoms with Crippen LogP contribution in [-0.4, -0.2) is 15.0 Å². The van der Waals surface area contributed by atoms with Crippen molar-refractivity contribution in [2.45, 2.75) is 20.4 Å². The van der Waals surface area contributed by atoms with Crippen molar-refractivity contribution in [2.75, 3.05) is 5.88 Å². The van der Waals surface area contributed by atoms with Crippen molar-refractivity contribution in [1.29, 1.82) is 0 Å². The molecule has 0 radical (unpaired) electrons. The van der Waals surface area contributed by atoms with E-state index in [0.29, 0.717) is 12.4 Å². The highest BCUT2D eigenvalue weighted by molar-refractivity contribution is 6.17. The fourth-order valence-electron chi connectivity index (χ4n) is 1.98. The van der Waals surface area contributed by atoms with E-state index >= 15 is 0 Å². The standard InChI is InChI=1S/C13H15ClN2O/c1-3-10(2)16-12-7-5-4-6-11(12)15(9-8-14)13(16)17/h3-7H,8-9H2,1-2H3/b10-3+. The highest BCUT2D eigenvalue weighted by Crippen LogP contribution is 2.16. The van der Waals surface area contributed by atoms with Gasteiger partial charge in [0.15, 0.2) is 0 Å². The van der Waals surface area contributed by atoms with Gasteiger partial charge in [-0.3, -0.25) is 9.13 Å². The first-order chi connectivity index (χ1) is 8.20. The lowest BCUT2D eigenvalue weighted by Crippen LogP contribution is -2.23. The third-order valence-corrected chi connectivity index (χ3v) is 3.08. The first-order valence-corrected chi connectivity index (χ1v) is 6.13. The second kappa shape index (κ2) is 4.80. The van der Waals surface area contributed by atoms with Crippen LogP contribution in [0.1, 0.15) is 13.8 Å². The summed E-state index contributed by atoms with van der Waals surface area (Å²) in [6.07, 6.45) is 1.93. The van der Waals surface area contributed by atoms with Gasteiger partial charge in [0.1, 0.15) is 0 Å². The number of aromatic nitrogens is 2. The van der Waals surface area contributed by atoms with Crippen LogP contribution in [0, 0.1) is 0 Å². The van der Waals surface area contributed by atoms with Gasteiger partial charge in [0.05, 0.1) is 11.0 Å². The first-order valence-electron chi connectivity index (χ1n) is 5.60. The third kappa shape index (κ3) is 1.91. The molecule has 1 heterocycles. The highest BCUT2D eigenvalue weighted by Gasteiger charge is 2.12. The van der Waals surface area contributed by atoms with Crippen molar-refractivity contribution >= 4 is 28.3 Å². The molecule has 0 aliphatic heterocycles. The number of alkyl halides is 1. The van der Waals surface area contributed by atoms with Crippen LogP contribution in [0.5, 0.6) is 0 Å². The largest absolute Gasteiger partial charge is 0.333 e. The zero-order valence-electron chi connectivity index (χ0n) is 9.98. The summed E-state index contributed by atoms with van der Waals surface area (Å²) in [6.45, 7) is 4.39. The van der Waals surface area contributed by atoms with Crippen molar-refractivity contribution in [3.05, 3.63) is 40.8 Å². The number of halogens is 1. The van der Waals surface area contributed by atoms with Crippen molar-refractivity contribution in [3.8, 4) is 0 Å². The smallest absolute Gasteiger partial charge is 0.290 e. The summed E-state index contributed by atoms with van der Waals surface area (Å²) in [7, 11) is 0. The summed E-state index contributed by atoms with van der Waals surface area (Å²) in [5.74, 6) is 0.433. The lowest BCUT2D eigenvalue weighted by atomic mass is 10.3. The molecule has 0 spiro atoms. The number of aryl methyl sites for hydroxylation is 1. The van der Waals surface area contributed by atoms with Gasteiger partial charge in [-0.05, 0) is 26.0 Å². The van der Waals surface area contributed by atoms with Crippen LogP contribution in [0.15, 0.2) is 35.1 Å². The van der Waals surface area contributed by atoms with Gasteiger partial charge in [-0.25, -0.2) is 4.79 Å². The number of rotatable bonds is 3. The predicted molar refractivity (Wildman–Crippen MR) is 72.5 cm³/mol. The van der Waals surface area contributed by atoms with Crippen LogP contribution < -0.4 is 5.69 Å². The van der Waals surface area contributed by atoms with E-state index < -0.39 is 0 Å². The van der Waals surface area contributed by atoms with Crippen LogP contribution in [0.3, 0.4) is 0 Å². The summed E-state index contributed by atoms with van der Waals surface area (Å²) in [5.41, 5.74) is 2.76. The van der Waals surface area contributed by atoms with Crippen LogP contribution in [0.4, 0.5) is 0 Å². The summed E-state index contributed by atoms with van der Waals surface area (Å²) < 4.78 is 3.44. The summed E-state index contributed by atoms with van der Waals surface area (Å²) >= 11 is 5.75. The van der Waals surface area contributed by atoms with Crippen LogP contribution >= 0.6 is 11.6 Å². The Balaban J connectivity index is 2.84. The molecule has 2 aromatic rings. The molecule has 0 unspecified atom stereocenters. The molecule has 0 amide bonds. The molecule has 0 saturated carbocycles. The zero-order valence-corrected chi connectivity index (χ0v) is 10.7. The molecular weight excluding hydrogens is 236 g/mol. The Hall–Kier alpha value is -1.48. The first kappa shape index (κ1) is 12.0. The molecule has 1 aromatic carbocycles. The molecule has 3 nitrogen and oxygen atoms in total. The van der Waals surface area contributed by atoms with Gasteiger partial charge < -0.3 is 0 Å². The minimum atomic E-state index is -0.0255. The van der Waals surface area contributed by atoms with Gasteiger partial charge in [-0.15, -0.1) is 11.6 Å². The number of benzene rings is 1. The van der Waals surface area contributed by atoms with E-state index in [9.17, 15) is 4.79 Å². The quantitative estimate of drug-likeness (QED) is 0.770. The Labute approximate surface area is 105 Å². The Morgan fingerprint density at radius 3 is 2.59 bits per heavy atom. The molecule has 0 N–H and O–H groups in total. The fourth-order valence-corrected chi connectivity index (χ4v) is 2.15.